The van der Waals surface area contributed by atoms with E-state index in [2.05, 4.69) is 26.8 Å². The Morgan fingerprint density at radius 1 is 1.03 bits per heavy atom. The second kappa shape index (κ2) is 9.01. The zero-order chi connectivity index (χ0) is 24.6. The van der Waals surface area contributed by atoms with E-state index >= 15 is 0 Å². The number of hydrogen-bond donors (Lipinski definition) is 1. The van der Waals surface area contributed by atoms with Gasteiger partial charge in [0.2, 0.25) is 5.75 Å². The van der Waals surface area contributed by atoms with Crippen molar-refractivity contribution in [1.82, 2.24) is 4.98 Å². The van der Waals surface area contributed by atoms with Crippen LogP contribution in [0.2, 0.25) is 0 Å². The summed E-state index contributed by atoms with van der Waals surface area (Å²) >= 11 is 0. The highest BCUT2D eigenvalue weighted by Crippen LogP contribution is 2.46. The molecule has 0 bridgehead atoms. The summed E-state index contributed by atoms with van der Waals surface area (Å²) in [6.07, 6.45) is 3.52. The number of aromatic carboxylic acids is 1. The third-order valence-corrected chi connectivity index (χ3v) is 6.68. The Morgan fingerprint density at radius 3 is 2.24 bits per heavy atom. The molecule has 178 valence electrons. The van der Waals surface area contributed by atoms with Crippen molar-refractivity contribution in [2.75, 3.05) is 21.3 Å². The van der Waals surface area contributed by atoms with E-state index in [1.54, 1.807) is 21.3 Å². The molecule has 0 aliphatic heterocycles. The molecule has 1 N–H and O–H groups in total. The van der Waals surface area contributed by atoms with Crippen molar-refractivity contribution in [3.63, 3.8) is 0 Å². The van der Waals surface area contributed by atoms with Gasteiger partial charge in [-0.3, -0.25) is 0 Å². The number of aromatic nitrogens is 1. The molecule has 0 fully saturated rings. The highest BCUT2D eigenvalue weighted by molar-refractivity contribution is 6.06. The SMILES string of the molecule is COc1cc(C=C2CC(C(C)(C)C)Cc3c2nc2ccccc2c3C(=O)O)cc(OC)c1OC. The molecule has 34 heavy (non-hydrogen) atoms. The van der Waals surface area contributed by atoms with Gasteiger partial charge in [-0.1, -0.05) is 39.0 Å². The molecular formula is C28H31NO5. The van der Waals surface area contributed by atoms with Gasteiger partial charge in [-0.25, -0.2) is 9.78 Å². The quantitative estimate of drug-likeness (QED) is 0.494. The molecule has 1 unspecified atom stereocenters. The van der Waals surface area contributed by atoms with Crippen molar-refractivity contribution in [1.29, 1.82) is 0 Å². The minimum Gasteiger partial charge on any atom is -0.493 e. The highest BCUT2D eigenvalue weighted by atomic mass is 16.5. The standard InChI is InChI=1S/C28H31NO5/c1-28(2,3)18-14-17(11-16-12-22(32-4)26(34-6)23(13-16)33-5)25-20(15-18)24(27(30)31)19-9-7-8-10-21(19)29-25/h7-13,18H,14-15H2,1-6H3,(H,30,31). The number of benzene rings is 2. The molecule has 0 amide bonds. The predicted molar refractivity (Wildman–Crippen MR) is 134 cm³/mol. The normalized spacial score (nSPS) is 16.9. The molecule has 0 saturated heterocycles. The fraction of sp³-hybridized carbons (Fsp3) is 0.357. The molecule has 6 nitrogen and oxygen atoms in total. The van der Waals surface area contributed by atoms with Crippen LogP contribution in [0.15, 0.2) is 36.4 Å². The Balaban J connectivity index is 1.99. The molecule has 4 rings (SSSR count). The van der Waals surface area contributed by atoms with Crippen molar-refractivity contribution in [3.05, 3.63) is 58.8 Å². The van der Waals surface area contributed by atoms with Gasteiger partial charge in [0.15, 0.2) is 11.5 Å². The van der Waals surface area contributed by atoms with Crippen molar-refractivity contribution in [2.45, 2.75) is 33.6 Å². The lowest BCUT2D eigenvalue weighted by Gasteiger charge is -2.36. The van der Waals surface area contributed by atoms with E-state index in [0.29, 0.717) is 40.1 Å². The molecule has 0 spiro atoms. The van der Waals surface area contributed by atoms with Crippen LogP contribution in [-0.2, 0) is 6.42 Å². The Morgan fingerprint density at radius 2 is 1.68 bits per heavy atom. The number of carboxylic acids is 1. The minimum absolute atomic E-state index is 0.00646. The number of methoxy groups -OCH3 is 3. The van der Waals surface area contributed by atoms with Crippen LogP contribution in [0.25, 0.3) is 22.6 Å². The Bertz CT molecular complexity index is 1260. The number of rotatable bonds is 5. The van der Waals surface area contributed by atoms with Gasteiger partial charge in [-0.2, -0.15) is 0 Å². The average molecular weight is 462 g/mol. The summed E-state index contributed by atoms with van der Waals surface area (Å²) in [6, 6.07) is 11.3. The second-order valence-corrected chi connectivity index (χ2v) is 9.74. The third-order valence-electron chi connectivity index (χ3n) is 6.68. The van der Waals surface area contributed by atoms with E-state index in [-0.39, 0.29) is 11.3 Å². The number of hydrogen-bond acceptors (Lipinski definition) is 5. The summed E-state index contributed by atoms with van der Waals surface area (Å²) in [5.74, 6) is 0.997. The number of para-hydroxylation sites is 1. The Kier molecular flexibility index (Phi) is 6.26. The van der Waals surface area contributed by atoms with E-state index in [1.807, 2.05) is 36.4 Å². The molecule has 0 radical (unpaired) electrons. The van der Waals surface area contributed by atoms with Gasteiger partial charge in [0.25, 0.3) is 0 Å². The van der Waals surface area contributed by atoms with E-state index in [4.69, 9.17) is 19.2 Å². The van der Waals surface area contributed by atoms with E-state index in [0.717, 1.165) is 28.8 Å². The van der Waals surface area contributed by atoms with Crippen LogP contribution >= 0.6 is 0 Å². The first-order valence-electron chi connectivity index (χ1n) is 11.3. The lowest BCUT2D eigenvalue weighted by atomic mass is 9.69. The monoisotopic (exact) mass is 461 g/mol. The molecule has 1 aromatic heterocycles. The first-order chi connectivity index (χ1) is 16.2. The van der Waals surface area contributed by atoms with E-state index < -0.39 is 5.97 Å². The topological polar surface area (TPSA) is 77.9 Å². The summed E-state index contributed by atoms with van der Waals surface area (Å²) in [5.41, 5.74) is 4.46. The summed E-state index contributed by atoms with van der Waals surface area (Å²) in [6.45, 7) is 6.61. The number of ether oxygens (including phenoxy) is 3. The molecule has 1 atom stereocenters. The second-order valence-electron chi connectivity index (χ2n) is 9.74. The third kappa shape index (κ3) is 4.20. The molecule has 1 aliphatic carbocycles. The summed E-state index contributed by atoms with van der Waals surface area (Å²) < 4.78 is 16.5. The van der Waals surface area contributed by atoms with E-state index in [9.17, 15) is 9.90 Å². The van der Waals surface area contributed by atoms with Crippen LogP contribution in [0, 0.1) is 11.3 Å². The van der Waals surface area contributed by atoms with Gasteiger partial charge in [0, 0.05) is 5.39 Å². The van der Waals surface area contributed by atoms with Crippen molar-refractivity contribution < 1.29 is 24.1 Å². The maximum Gasteiger partial charge on any atom is 0.336 e. The smallest absolute Gasteiger partial charge is 0.336 e. The molecule has 3 aromatic rings. The number of nitrogens with zero attached hydrogens (tertiary/aromatic N) is 1. The van der Waals surface area contributed by atoms with Crippen molar-refractivity contribution in [3.8, 4) is 17.2 Å². The van der Waals surface area contributed by atoms with Crippen LogP contribution in [0.3, 0.4) is 0 Å². The number of allylic oxidation sites excluding steroid dienone is 1. The lowest BCUT2D eigenvalue weighted by molar-refractivity contribution is 0.0696. The van der Waals surface area contributed by atoms with Crippen molar-refractivity contribution >= 4 is 28.5 Å². The van der Waals surface area contributed by atoms with Gasteiger partial charge in [0.05, 0.1) is 38.1 Å². The zero-order valence-corrected chi connectivity index (χ0v) is 20.6. The fourth-order valence-corrected chi connectivity index (χ4v) is 4.77. The van der Waals surface area contributed by atoms with Gasteiger partial charge < -0.3 is 19.3 Å². The van der Waals surface area contributed by atoms with Gasteiger partial charge in [-0.05, 0) is 65.1 Å². The van der Waals surface area contributed by atoms with Gasteiger partial charge >= 0.3 is 5.97 Å². The molecule has 2 aromatic carbocycles. The predicted octanol–water partition coefficient (Wildman–Crippen LogP) is 6.11. The van der Waals surface area contributed by atoms with Gasteiger partial charge in [0.1, 0.15) is 0 Å². The first-order valence-corrected chi connectivity index (χ1v) is 11.3. The molecular weight excluding hydrogens is 430 g/mol. The summed E-state index contributed by atoms with van der Waals surface area (Å²) in [4.78, 5) is 17.4. The highest BCUT2D eigenvalue weighted by Gasteiger charge is 2.35. The Hall–Kier alpha value is -3.54. The van der Waals surface area contributed by atoms with Crippen molar-refractivity contribution in [2.24, 2.45) is 11.3 Å². The number of carboxylic acid groups (broad SMARTS) is 1. The van der Waals surface area contributed by atoms with Crippen LogP contribution in [-0.4, -0.2) is 37.4 Å². The molecule has 1 aliphatic rings. The lowest BCUT2D eigenvalue weighted by Crippen LogP contribution is -2.28. The van der Waals surface area contributed by atoms with Crippen LogP contribution in [0.5, 0.6) is 17.2 Å². The zero-order valence-electron chi connectivity index (χ0n) is 20.6. The molecule has 6 heteroatoms. The summed E-state index contributed by atoms with van der Waals surface area (Å²) in [5, 5.41) is 10.9. The van der Waals surface area contributed by atoms with Crippen LogP contribution in [0.1, 0.15) is 54.4 Å². The maximum atomic E-state index is 12.5. The van der Waals surface area contributed by atoms with Crippen LogP contribution < -0.4 is 14.2 Å². The Labute approximate surface area is 200 Å². The largest absolute Gasteiger partial charge is 0.493 e. The first kappa shape index (κ1) is 23.6. The van der Waals surface area contributed by atoms with E-state index in [1.165, 1.54) is 0 Å². The fourth-order valence-electron chi connectivity index (χ4n) is 4.77. The molecule has 1 heterocycles. The number of pyridine rings is 1. The van der Waals surface area contributed by atoms with Gasteiger partial charge in [-0.15, -0.1) is 0 Å². The average Bonchev–Trinajstić information content (AvgIpc) is 2.81. The number of carbonyl (C=O) groups is 1. The molecule has 0 saturated carbocycles. The minimum atomic E-state index is -0.920. The summed E-state index contributed by atoms with van der Waals surface area (Å²) in [7, 11) is 4.76. The van der Waals surface area contributed by atoms with Crippen LogP contribution in [0.4, 0.5) is 0 Å². The number of fused-ring (bicyclic) bond motifs is 2. The maximum absolute atomic E-state index is 12.5.